The molecule has 1 aliphatic heterocycles. The fourth-order valence-corrected chi connectivity index (χ4v) is 4.25. The molecule has 8 nitrogen and oxygen atoms in total. The number of urea groups is 1. The number of amides is 4. The number of imide groups is 1. The predicted octanol–water partition coefficient (Wildman–Crippen LogP) is 3.69. The standard InChI is InChI=1S/C26H33N3O5/c1-5-7-15-26(20-11-9-8-10-12-20)24(31)29(25(32)27-26)18-23(30)28(6-2)17-19-13-14-21(33-3)22(16-19)34-4/h8-14,16H,5-7,15,17-18H2,1-4H3,(H,27,32). The third kappa shape index (κ3) is 5.00. The minimum atomic E-state index is -1.14. The molecule has 2 aromatic carbocycles. The van der Waals surface area contributed by atoms with E-state index in [0.717, 1.165) is 28.9 Å². The summed E-state index contributed by atoms with van der Waals surface area (Å²) in [6.07, 6.45) is 2.13. The number of unbranched alkanes of at least 4 members (excludes halogenated alkanes) is 1. The molecule has 1 heterocycles. The molecule has 1 aliphatic rings. The summed E-state index contributed by atoms with van der Waals surface area (Å²) in [5, 5.41) is 2.89. The summed E-state index contributed by atoms with van der Waals surface area (Å²) in [6.45, 7) is 4.33. The van der Waals surface area contributed by atoms with Gasteiger partial charge >= 0.3 is 6.03 Å². The zero-order valence-electron chi connectivity index (χ0n) is 20.3. The number of likely N-dealkylation sites (N-methyl/N-ethyl adjacent to an activating group) is 1. The number of ether oxygens (including phenoxy) is 2. The Morgan fingerprint density at radius 2 is 1.74 bits per heavy atom. The molecule has 8 heteroatoms. The molecule has 3 rings (SSSR count). The van der Waals surface area contributed by atoms with Crippen molar-refractivity contribution in [2.75, 3.05) is 27.3 Å². The SMILES string of the molecule is CCCCC1(c2ccccc2)NC(=O)N(CC(=O)N(CC)Cc2ccc(OC)c(OC)c2)C1=O. The maximum Gasteiger partial charge on any atom is 0.325 e. The molecule has 34 heavy (non-hydrogen) atoms. The second-order valence-corrected chi connectivity index (χ2v) is 8.29. The van der Waals surface area contributed by atoms with E-state index >= 15 is 0 Å². The van der Waals surface area contributed by atoms with Crippen LogP contribution in [0.3, 0.4) is 0 Å². The Labute approximate surface area is 200 Å². The lowest BCUT2D eigenvalue weighted by Gasteiger charge is -2.28. The number of carbonyl (C=O) groups excluding carboxylic acids is 3. The molecule has 0 aliphatic carbocycles. The molecule has 0 radical (unpaired) electrons. The van der Waals surface area contributed by atoms with E-state index in [4.69, 9.17) is 9.47 Å². The van der Waals surface area contributed by atoms with Crippen LogP contribution < -0.4 is 14.8 Å². The van der Waals surface area contributed by atoms with E-state index in [1.54, 1.807) is 25.2 Å². The molecule has 1 N–H and O–H groups in total. The van der Waals surface area contributed by atoms with Crippen molar-refractivity contribution in [1.82, 2.24) is 15.1 Å². The smallest absolute Gasteiger partial charge is 0.325 e. The lowest BCUT2D eigenvalue weighted by atomic mass is 9.85. The molecule has 0 saturated carbocycles. The normalized spacial score (nSPS) is 17.5. The highest BCUT2D eigenvalue weighted by Gasteiger charge is 2.52. The van der Waals surface area contributed by atoms with Crippen molar-refractivity contribution in [1.29, 1.82) is 0 Å². The van der Waals surface area contributed by atoms with Crippen LogP contribution in [0.1, 0.15) is 44.2 Å². The van der Waals surface area contributed by atoms with E-state index in [-0.39, 0.29) is 18.4 Å². The van der Waals surface area contributed by atoms with E-state index in [1.165, 1.54) is 0 Å². The van der Waals surface area contributed by atoms with Crippen LogP contribution in [0.15, 0.2) is 48.5 Å². The summed E-state index contributed by atoms with van der Waals surface area (Å²) in [4.78, 5) is 42.2. The number of hydrogen-bond acceptors (Lipinski definition) is 5. The van der Waals surface area contributed by atoms with Crippen LogP contribution in [0.25, 0.3) is 0 Å². The number of carbonyl (C=O) groups is 3. The van der Waals surface area contributed by atoms with Crippen LogP contribution in [-0.4, -0.2) is 55.0 Å². The van der Waals surface area contributed by atoms with E-state index < -0.39 is 11.6 Å². The zero-order chi connectivity index (χ0) is 24.7. The van der Waals surface area contributed by atoms with E-state index in [0.29, 0.717) is 31.0 Å². The molecule has 1 atom stereocenters. The van der Waals surface area contributed by atoms with Crippen molar-refractivity contribution in [3.8, 4) is 11.5 Å². The zero-order valence-corrected chi connectivity index (χ0v) is 20.3. The largest absolute Gasteiger partial charge is 0.493 e. The van der Waals surface area contributed by atoms with Gasteiger partial charge in [0.15, 0.2) is 11.5 Å². The van der Waals surface area contributed by atoms with E-state index in [9.17, 15) is 14.4 Å². The lowest BCUT2D eigenvalue weighted by molar-refractivity contribution is -0.139. The highest BCUT2D eigenvalue weighted by Crippen LogP contribution is 2.34. The number of methoxy groups -OCH3 is 2. The molecule has 2 aromatic rings. The highest BCUT2D eigenvalue weighted by atomic mass is 16.5. The van der Waals surface area contributed by atoms with Gasteiger partial charge in [0.1, 0.15) is 12.1 Å². The van der Waals surface area contributed by atoms with Crippen LogP contribution >= 0.6 is 0 Å². The lowest BCUT2D eigenvalue weighted by Crippen LogP contribution is -2.45. The summed E-state index contributed by atoms with van der Waals surface area (Å²) in [7, 11) is 3.12. The van der Waals surface area contributed by atoms with Crippen molar-refractivity contribution in [2.45, 2.75) is 45.2 Å². The number of nitrogens with one attached hydrogen (secondary N) is 1. The fraction of sp³-hybridized carbons (Fsp3) is 0.423. The monoisotopic (exact) mass is 467 g/mol. The first-order valence-electron chi connectivity index (χ1n) is 11.6. The second-order valence-electron chi connectivity index (χ2n) is 8.29. The van der Waals surface area contributed by atoms with Crippen molar-refractivity contribution in [2.24, 2.45) is 0 Å². The highest BCUT2D eigenvalue weighted by molar-refractivity contribution is 6.09. The Morgan fingerprint density at radius 3 is 2.35 bits per heavy atom. The van der Waals surface area contributed by atoms with Gasteiger partial charge in [0.25, 0.3) is 5.91 Å². The predicted molar refractivity (Wildman–Crippen MR) is 129 cm³/mol. The van der Waals surface area contributed by atoms with Gasteiger partial charge in [-0.05, 0) is 36.6 Å². The Balaban J connectivity index is 1.79. The number of hydrogen-bond donors (Lipinski definition) is 1. The van der Waals surface area contributed by atoms with Crippen molar-refractivity contribution in [3.05, 3.63) is 59.7 Å². The summed E-state index contributed by atoms with van der Waals surface area (Å²) >= 11 is 0. The molecule has 4 amide bonds. The van der Waals surface area contributed by atoms with Gasteiger partial charge in [-0.3, -0.25) is 14.5 Å². The van der Waals surface area contributed by atoms with Crippen molar-refractivity contribution < 1.29 is 23.9 Å². The summed E-state index contributed by atoms with van der Waals surface area (Å²) < 4.78 is 10.6. The van der Waals surface area contributed by atoms with Gasteiger partial charge in [-0.25, -0.2) is 4.79 Å². The maximum absolute atomic E-state index is 13.5. The topological polar surface area (TPSA) is 88.2 Å². The first-order chi connectivity index (χ1) is 16.4. The molecule has 0 bridgehead atoms. The Morgan fingerprint density at radius 1 is 1.03 bits per heavy atom. The average molecular weight is 468 g/mol. The second kappa shape index (κ2) is 11.0. The fourth-order valence-electron chi connectivity index (χ4n) is 4.25. The van der Waals surface area contributed by atoms with E-state index in [1.807, 2.05) is 56.3 Å². The minimum absolute atomic E-state index is 0.305. The Kier molecular flexibility index (Phi) is 8.15. The maximum atomic E-state index is 13.5. The third-order valence-corrected chi connectivity index (χ3v) is 6.20. The molecular formula is C26H33N3O5. The Bertz CT molecular complexity index is 1030. The van der Waals surface area contributed by atoms with Crippen LogP contribution in [-0.2, 0) is 21.7 Å². The molecule has 0 spiro atoms. The van der Waals surface area contributed by atoms with E-state index in [2.05, 4.69) is 5.32 Å². The minimum Gasteiger partial charge on any atom is -0.493 e. The van der Waals surface area contributed by atoms with Gasteiger partial charge in [0, 0.05) is 13.1 Å². The molecule has 0 aromatic heterocycles. The summed E-state index contributed by atoms with van der Waals surface area (Å²) in [6, 6.07) is 14.2. The van der Waals surface area contributed by atoms with Gasteiger partial charge < -0.3 is 19.7 Å². The number of rotatable bonds is 11. The average Bonchev–Trinajstić information content (AvgIpc) is 3.11. The van der Waals surface area contributed by atoms with Crippen LogP contribution in [0.5, 0.6) is 11.5 Å². The first kappa shape index (κ1) is 25.1. The van der Waals surface area contributed by atoms with Crippen LogP contribution in [0.4, 0.5) is 4.79 Å². The van der Waals surface area contributed by atoms with Gasteiger partial charge in [-0.1, -0.05) is 56.2 Å². The first-order valence-corrected chi connectivity index (χ1v) is 11.6. The van der Waals surface area contributed by atoms with Gasteiger partial charge in [-0.15, -0.1) is 0 Å². The molecular weight excluding hydrogens is 434 g/mol. The van der Waals surface area contributed by atoms with Crippen molar-refractivity contribution >= 4 is 17.8 Å². The summed E-state index contributed by atoms with van der Waals surface area (Å²) in [5.74, 6) is 0.485. The van der Waals surface area contributed by atoms with Gasteiger partial charge in [0.2, 0.25) is 5.91 Å². The molecule has 1 saturated heterocycles. The number of nitrogens with zero attached hydrogens (tertiary/aromatic N) is 2. The molecule has 1 unspecified atom stereocenters. The molecule has 182 valence electrons. The third-order valence-electron chi connectivity index (χ3n) is 6.20. The van der Waals surface area contributed by atoms with Crippen LogP contribution in [0, 0.1) is 0 Å². The van der Waals surface area contributed by atoms with Crippen LogP contribution in [0.2, 0.25) is 0 Å². The quantitative estimate of drug-likeness (QED) is 0.509. The summed E-state index contributed by atoms with van der Waals surface area (Å²) in [5.41, 5.74) is 0.440. The molecule has 1 fully saturated rings. The number of benzene rings is 2. The van der Waals surface area contributed by atoms with Gasteiger partial charge in [0.05, 0.1) is 14.2 Å². The van der Waals surface area contributed by atoms with Gasteiger partial charge in [-0.2, -0.15) is 0 Å². The van der Waals surface area contributed by atoms with Crippen molar-refractivity contribution in [3.63, 3.8) is 0 Å². The Hall–Kier alpha value is -3.55.